The molecule has 0 atom stereocenters. The topological polar surface area (TPSA) is 63.2 Å². The molecule has 0 spiro atoms. The minimum atomic E-state index is -0.259. The van der Waals surface area contributed by atoms with Crippen molar-refractivity contribution in [3.63, 3.8) is 0 Å². The minimum absolute atomic E-state index is 0.218. The molecule has 1 aliphatic heterocycles. The van der Waals surface area contributed by atoms with Gasteiger partial charge in [-0.2, -0.15) is 0 Å². The summed E-state index contributed by atoms with van der Waals surface area (Å²) in [7, 11) is 0. The van der Waals surface area contributed by atoms with E-state index in [0.717, 1.165) is 5.56 Å². The average Bonchev–Trinajstić information content (AvgIpc) is 2.71. The van der Waals surface area contributed by atoms with Gasteiger partial charge in [0.15, 0.2) is 5.16 Å². The highest BCUT2D eigenvalue weighted by atomic mass is 32.2. The third kappa shape index (κ3) is 2.18. The van der Waals surface area contributed by atoms with Crippen molar-refractivity contribution in [3.8, 4) is 0 Å². The van der Waals surface area contributed by atoms with Gasteiger partial charge in [0, 0.05) is 12.4 Å². The third-order valence-corrected chi connectivity index (χ3v) is 3.81. The number of hydrogen-bond acceptors (Lipinski definition) is 5. The highest BCUT2D eigenvalue weighted by Gasteiger charge is 2.34. The fourth-order valence-corrected chi connectivity index (χ4v) is 2.67. The van der Waals surface area contributed by atoms with E-state index in [1.165, 1.54) is 16.7 Å². The summed E-state index contributed by atoms with van der Waals surface area (Å²) in [5.74, 6) is -0.300. The molecule has 0 aliphatic carbocycles. The lowest BCUT2D eigenvalue weighted by Crippen LogP contribution is -2.29. The molecule has 0 saturated heterocycles. The molecular weight excluding hydrogens is 274 g/mol. The van der Waals surface area contributed by atoms with Crippen molar-refractivity contribution in [2.45, 2.75) is 12.1 Å². The number of carbonyl (C=O) groups excluding carboxylic acids is 2. The van der Waals surface area contributed by atoms with E-state index in [1.807, 2.05) is 6.92 Å². The molecule has 0 fully saturated rings. The Labute approximate surface area is 120 Å². The fraction of sp³-hybridized carbons (Fsp3) is 0.143. The van der Waals surface area contributed by atoms with Crippen LogP contribution in [0.25, 0.3) is 0 Å². The maximum Gasteiger partial charge on any atom is 0.262 e. The van der Waals surface area contributed by atoms with Crippen LogP contribution in [0.2, 0.25) is 0 Å². The molecule has 20 heavy (non-hydrogen) atoms. The monoisotopic (exact) mass is 285 g/mol. The number of aryl methyl sites for hydroxylation is 1. The summed E-state index contributed by atoms with van der Waals surface area (Å²) in [6, 6.07) is 6.85. The summed E-state index contributed by atoms with van der Waals surface area (Å²) in [6.07, 6.45) is 3.41. The van der Waals surface area contributed by atoms with Gasteiger partial charge >= 0.3 is 0 Å². The number of amides is 2. The van der Waals surface area contributed by atoms with Crippen LogP contribution in [0.15, 0.2) is 41.8 Å². The lowest BCUT2D eigenvalue weighted by atomic mass is 10.1. The predicted octanol–water partition coefficient (Wildman–Crippen LogP) is 2.13. The Balaban J connectivity index is 1.75. The van der Waals surface area contributed by atoms with E-state index in [1.54, 1.807) is 36.7 Å². The summed E-state index contributed by atoms with van der Waals surface area (Å²) in [5.41, 5.74) is 1.89. The van der Waals surface area contributed by atoms with Crippen molar-refractivity contribution in [2.24, 2.45) is 0 Å². The van der Waals surface area contributed by atoms with E-state index >= 15 is 0 Å². The van der Waals surface area contributed by atoms with Gasteiger partial charge in [0.25, 0.3) is 11.8 Å². The van der Waals surface area contributed by atoms with Gasteiger partial charge in [0.1, 0.15) is 0 Å². The SMILES string of the molecule is Cc1cnc(SCN2C(=O)c3ccccc3C2=O)nc1. The number of nitrogens with zero attached hydrogens (tertiary/aromatic N) is 3. The Hall–Kier alpha value is -2.21. The van der Waals surface area contributed by atoms with Gasteiger partial charge in [-0.05, 0) is 24.6 Å². The molecule has 2 aromatic rings. The molecule has 0 bridgehead atoms. The second-order valence-corrected chi connectivity index (χ2v) is 5.31. The zero-order valence-electron chi connectivity index (χ0n) is 10.7. The molecule has 0 saturated carbocycles. The molecule has 6 heteroatoms. The minimum Gasteiger partial charge on any atom is -0.269 e. The van der Waals surface area contributed by atoms with Crippen LogP contribution in [0.3, 0.4) is 0 Å². The van der Waals surface area contributed by atoms with Crippen LogP contribution in [0.1, 0.15) is 26.3 Å². The van der Waals surface area contributed by atoms with Crippen LogP contribution >= 0.6 is 11.8 Å². The number of carbonyl (C=O) groups is 2. The summed E-state index contributed by atoms with van der Waals surface area (Å²) < 4.78 is 0. The Morgan fingerprint density at radius 3 is 2.15 bits per heavy atom. The van der Waals surface area contributed by atoms with Crippen LogP contribution in [0, 0.1) is 6.92 Å². The van der Waals surface area contributed by atoms with Crippen LogP contribution < -0.4 is 0 Å². The number of fused-ring (bicyclic) bond motifs is 1. The number of hydrogen-bond donors (Lipinski definition) is 0. The number of aromatic nitrogens is 2. The number of imide groups is 1. The van der Waals surface area contributed by atoms with E-state index in [-0.39, 0.29) is 17.7 Å². The molecule has 2 heterocycles. The van der Waals surface area contributed by atoms with Crippen molar-refractivity contribution in [2.75, 3.05) is 5.88 Å². The highest BCUT2D eigenvalue weighted by molar-refractivity contribution is 7.99. The number of thioether (sulfide) groups is 1. The van der Waals surface area contributed by atoms with Gasteiger partial charge in [0.05, 0.1) is 17.0 Å². The number of benzene rings is 1. The molecule has 1 aromatic carbocycles. The van der Waals surface area contributed by atoms with Gasteiger partial charge in [-0.3, -0.25) is 14.5 Å². The third-order valence-electron chi connectivity index (χ3n) is 2.96. The van der Waals surface area contributed by atoms with E-state index in [4.69, 9.17) is 0 Å². The molecule has 1 aromatic heterocycles. The van der Waals surface area contributed by atoms with E-state index in [9.17, 15) is 9.59 Å². The quantitative estimate of drug-likeness (QED) is 0.491. The van der Waals surface area contributed by atoms with E-state index in [0.29, 0.717) is 16.3 Å². The van der Waals surface area contributed by atoms with Crippen LogP contribution in [-0.2, 0) is 0 Å². The maximum atomic E-state index is 12.1. The van der Waals surface area contributed by atoms with Gasteiger partial charge < -0.3 is 0 Å². The van der Waals surface area contributed by atoms with Gasteiger partial charge in [-0.15, -0.1) is 0 Å². The second kappa shape index (κ2) is 5.05. The Morgan fingerprint density at radius 1 is 1.05 bits per heavy atom. The molecule has 0 N–H and O–H groups in total. The first-order chi connectivity index (χ1) is 9.66. The Bertz CT molecular complexity index is 650. The Kier molecular flexibility index (Phi) is 3.23. The molecule has 2 amide bonds. The predicted molar refractivity (Wildman–Crippen MR) is 74.4 cm³/mol. The van der Waals surface area contributed by atoms with Crippen molar-refractivity contribution < 1.29 is 9.59 Å². The van der Waals surface area contributed by atoms with Gasteiger partial charge in [-0.1, -0.05) is 23.9 Å². The summed E-state index contributed by atoms with van der Waals surface area (Å²) in [5, 5.41) is 0.548. The molecule has 5 nitrogen and oxygen atoms in total. The second-order valence-electron chi connectivity index (χ2n) is 4.40. The summed E-state index contributed by atoms with van der Waals surface area (Å²) in [4.78, 5) is 33.8. The summed E-state index contributed by atoms with van der Waals surface area (Å²) >= 11 is 1.27. The maximum absolute atomic E-state index is 12.1. The van der Waals surface area contributed by atoms with Crippen molar-refractivity contribution in [3.05, 3.63) is 53.3 Å². The van der Waals surface area contributed by atoms with Crippen molar-refractivity contribution in [1.29, 1.82) is 0 Å². The molecule has 0 radical (unpaired) electrons. The van der Waals surface area contributed by atoms with Crippen LogP contribution in [-0.4, -0.2) is 32.6 Å². The van der Waals surface area contributed by atoms with Gasteiger partial charge in [0.2, 0.25) is 0 Å². The van der Waals surface area contributed by atoms with Crippen molar-refractivity contribution >= 4 is 23.6 Å². The largest absolute Gasteiger partial charge is 0.269 e. The molecule has 1 aliphatic rings. The van der Waals surface area contributed by atoms with E-state index < -0.39 is 0 Å². The first-order valence-electron chi connectivity index (χ1n) is 6.03. The van der Waals surface area contributed by atoms with Crippen LogP contribution in [0.5, 0.6) is 0 Å². The highest BCUT2D eigenvalue weighted by Crippen LogP contribution is 2.25. The zero-order chi connectivity index (χ0) is 14.1. The van der Waals surface area contributed by atoms with Crippen LogP contribution in [0.4, 0.5) is 0 Å². The standard InChI is InChI=1S/C14H11N3O2S/c1-9-6-15-14(16-7-9)20-8-17-12(18)10-4-2-3-5-11(10)13(17)19/h2-7H,8H2,1H3. The lowest BCUT2D eigenvalue weighted by Gasteiger charge is -2.12. The smallest absolute Gasteiger partial charge is 0.262 e. The normalized spacial score (nSPS) is 13.8. The zero-order valence-corrected chi connectivity index (χ0v) is 11.6. The molecular formula is C14H11N3O2S. The average molecular weight is 285 g/mol. The Morgan fingerprint density at radius 2 is 1.60 bits per heavy atom. The fourth-order valence-electron chi connectivity index (χ4n) is 1.93. The lowest BCUT2D eigenvalue weighted by molar-refractivity contribution is 0.0684. The van der Waals surface area contributed by atoms with Gasteiger partial charge in [-0.25, -0.2) is 9.97 Å². The van der Waals surface area contributed by atoms with E-state index in [2.05, 4.69) is 9.97 Å². The summed E-state index contributed by atoms with van der Waals surface area (Å²) in [6.45, 7) is 1.90. The first-order valence-corrected chi connectivity index (χ1v) is 7.02. The number of rotatable bonds is 3. The molecule has 3 rings (SSSR count). The molecule has 0 unspecified atom stereocenters. The van der Waals surface area contributed by atoms with Crippen molar-refractivity contribution in [1.82, 2.24) is 14.9 Å². The first kappa shape index (κ1) is 12.8. The molecule has 100 valence electrons.